The first-order valence-corrected chi connectivity index (χ1v) is 6.75. The van der Waals surface area contributed by atoms with Gasteiger partial charge < -0.3 is 4.90 Å². The van der Waals surface area contributed by atoms with Crippen molar-refractivity contribution in [2.24, 2.45) is 0 Å². The van der Waals surface area contributed by atoms with E-state index in [9.17, 15) is 4.79 Å². The summed E-state index contributed by atoms with van der Waals surface area (Å²) in [4.78, 5) is 18.4. The number of carbonyl (C=O) groups is 1. The summed E-state index contributed by atoms with van der Waals surface area (Å²) in [5.74, 6) is 0.128. The fourth-order valence-electron chi connectivity index (χ4n) is 2.19. The fraction of sp³-hybridized carbons (Fsp3) is 0.333. The molecule has 3 rings (SSSR count). The molecule has 1 fully saturated rings. The van der Waals surface area contributed by atoms with Crippen LogP contribution in [0.3, 0.4) is 0 Å². The summed E-state index contributed by atoms with van der Waals surface area (Å²) >= 11 is 2.23. The Kier molecular flexibility index (Phi) is 2.78. The molecule has 0 bridgehead atoms. The van der Waals surface area contributed by atoms with E-state index in [1.54, 1.807) is 6.20 Å². The molecular weight excluding hydrogens is 329 g/mol. The zero-order valence-corrected chi connectivity index (χ0v) is 11.4. The van der Waals surface area contributed by atoms with Crippen molar-refractivity contribution in [3.05, 3.63) is 33.8 Å². The minimum absolute atomic E-state index is 0.128. The maximum Gasteiger partial charge on any atom is 0.254 e. The highest BCUT2D eigenvalue weighted by molar-refractivity contribution is 14.1. The average Bonchev–Trinajstić information content (AvgIpc) is 2.98. The summed E-state index contributed by atoms with van der Waals surface area (Å²) in [6.07, 6.45) is 5.96. The Hall–Kier alpha value is -1.11. The van der Waals surface area contributed by atoms with Gasteiger partial charge in [-0.25, -0.2) is 4.98 Å². The summed E-state index contributed by atoms with van der Waals surface area (Å²) in [6, 6.07) is 3.74. The van der Waals surface area contributed by atoms with E-state index in [0.29, 0.717) is 0 Å². The molecule has 0 unspecified atom stereocenters. The highest BCUT2D eigenvalue weighted by atomic mass is 127. The molecule has 3 heterocycles. The van der Waals surface area contributed by atoms with Crippen LogP contribution in [-0.2, 0) is 0 Å². The van der Waals surface area contributed by atoms with Gasteiger partial charge in [0.1, 0.15) is 9.35 Å². The van der Waals surface area contributed by atoms with Crippen molar-refractivity contribution in [1.29, 1.82) is 0 Å². The lowest BCUT2D eigenvalue weighted by Gasteiger charge is -2.15. The van der Waals surface area contributed by atoms with Crippen molar-refractivity contribution in [3.8, 4) is 0 Å². The molecular formula is C12H12IN3O. The second-order valence-electron chi connectivity index (χ2n) is 4.22. The highest BCUT2D eigenvalue weighted by Crippen LogP contribution is 2.15. The molecule has 0 saturated carbocycles. The van der Waals surface area contributed by atoms with Crippen molar-refractivity contribution in [2.45, 2.75) is 12.8 Å². The summed E-state index contributed by atoms with van der Waals surface area (Å²) in [7, 11) is 0. The van der Waals surface area contributed by atoms with Crippen LogP contribution in [-0.4, -0.2) is 33.3 Å². The van der Waals surface area contributed by atoms with Crippen molar-refractivity contribution < 1.29 is 4.79 Å². The molecule has 0 spiro atoms. The van der Waals surface area contributed by atoms with E-state index in [-0.39, 0.29) is 5.91 Å². The second-order valence-corrected chi connectivity index (χ2v) is 5.33. The van der Waals surface area contributed by atoms with Crippen LogP contribution in [0.5, 0.6) is 0 Å². The Morgan fingerprint density at radius 3 is 2.88 bits per heavy atom. The normalized spacial score (nSPS) is 15.7. The Balaban J connectivity index is 1.97. The topological polar surface area (TPSA) is 37.6 Å². The molecule has 2 aromatic rings. The van der Waals surface area contributed by atoms with Crippen LogP contribution in [0.4, 0.5) is 0 Å². The van der Waals surface area contributed by atoms with Gasteiger partial charge in [0.15, 0.2) is 0 Å². The Bertz CT molecular complexity index is 572. The largest absolute Gasteiger partial charge is 0.339 e. The zero-order valence-electron chi connectivity index (χ0n) is 9.27. The molecule has 0 radical (unpaired) electrons. The van der Waals surface area contributed by atoms with Crippen molar-refractivity contribution in [3.63, 3.8) is 0 Å². The Morgan fingerprint density at radius 2 is 2.12 bits per heavy atom. The van der Waals surface area contributed by atoms with Crippen LogP contribution < -0.4 is 0 Å². The molecule has 88 valence electrons. The van der Waals surface area contributed by atoms with Crippen molar-refractivity contribution >= 4 is 34.1 Å². The minimum atomic E-state index is 0.128. The molecule has 4 nitrogen and oxygen atoms in total. The number of aromatic nitrogens is 2. The van der Waals surface area contributed by atoms with Gasteiger partial charge in [0.05, 0.1) is 6.20 Å². The van der Waals surface area contributed by atoms with Gasteiger partial charge in [0.2, 0.25) is 0 Å². The second kappa shape index (κ2) is 4.29. The molecule has 1 aliphatic heterocycles. The van der Waals surface area contributed by atoms with E-state index in [0.717, 1.165) is 40.8 Å². The first-order valence-electron chi connectivity index (χ1n) is 5.67. The number of rotatable bonds is 1. The highest BCUT2D eigenvalue weighted by Gasteiger charge is 2.19. The third-order valence-electron chi connectivity index (χ3n) is 3.11. The number of halogens is 1. The van der Waals surface area contributed by atoms with Gasteiger partial charge in [-0.05, 0) is 47.6 Å². The number of nitrogens with zero attached hydrogens (tertiary/aromatic N) is 3. The van der Waals surface area contributed by atoms with Crippen molar-refractivity contribution in [1.82, 2.24) is 14.3 Å². The SMILES string of the molecule is O=C(c1ccn2c(I)cnc2c1)N1CCCC1. The standard InChI is InChI=1S/C12H12IN3O/c13-10-8-14-11-7-9(3-6-16(10)11)12(17)15-4-1-2-5-15/h3,6-8H,1-2,4-5H2. The molecule has 1 amide bonds. The molecule has 17 heavy (non-hydrogen) atoms. The fourth-order valence-corrected chi connectivity index (χ4v) is 2.73. The van der Waals surface area contributed by atoms with Gasteiger partial charge in [-0.15, -0.1) is 0 Å². The number of amides is 1. The monoisotopic (exact) mass is 341 g/mol. The third-order valence-corrected chi connectivity index (χ3v) is 3.91. The maximum atomic E-state index is 12.2. The zero-order chi connectivity index (χ0) is 11.8. The van der Waals surface area contributed by atoms with Gasteiger partial charge in [-0.2, -0.15) is 0 Å². The van der Waals surface area contributed by atoms with E-state index < -0.39 is 0 Å². The quantitative estimate of drug-likeness (QED) is 0.746. The molecule has 2 aromatic heterocycles. The number of carbonyl (C=O) groups excluding carboxylic acids is 1. The predicted molar refractivity (Wildman–Crippen MR) is 73.0 cm³/mol. The minimum Gasteiger partial charge on any atom is -0.339 e. The summed E-state index contributed by atoms with van der Waals surface area (Å²) in [5, 5.41) is 0. The lowest BCUT2D eigenvalue weighted by molar-refractivity contribution is 0.0793. The van der Waals surface area contributed by atoms with Gasteiger partial charge >= 0.3 is 0 Å². The lowest BCUT2D eigenvalue weighted by atomic mass is 10.2. The lowest BCUT2D eigenvalue weighted by Crippen LogP contribution is -2.27. The van der Waals surface area contributed by atoms with Crippen LogP contribution in [0.15, 0.2) is 24.5 Å². The molecule has 1 aliphatic rings. The number of fused-ring (bicyclic) bond motifs is 1. The third kappa shape index (κ3) is 1.92. The van der Waals surface area contributed by atoms with E-state index in [2.05, 4.69) is 27.6 Å². The molecule has 0 N–H and O–H groups in total. The summed E-state index contributed by atoms with van der Waals surface area (Å²) in [6.45, 7) is 1.77. The number of likely N-dealkylation sites (tertiary alicyclic amines) is 1. The van der Waals surface area contributed by atoms with E-state index in [1.807, 2.05) is 27.6 Å². The van der Waals surface area contributed by atoms with Gasteiger partial charge in [-0.3, -0.25) is 9.20 Å². The first-order chi connectivity index (χ1) is 8.25. The van der Waals surface area contributed by atoms with Gasteiger partial charge in [0, 0.05) is 24.8 Å². The Labute approximate surface area is 113 Å². The van der Waals surface area contributed by atoms with Crippen LogP contribution in [0.25, 0.3) is 5.65 Å². The van der Waals surface area contributed by atoms with E-state index in [4.69, 9.17) is 0 Å². The van der Waals surface area contributed by atoms with Gasteiger partial charge in [0.25, 0.3) is 5.91 Å². The molecule has 1 saturated heterocycles. The first kappa shape index (κ1) is 11.0. The molecule has 5 heteroatoms. The van der Waals surface area contributed by atoms with Crippen LogP contribution in [0.1, 0.15) is 23.2 Å². The molecule has 0 aliphatic carbocycles. The number of hydrogen-bond acceptors (Lipinski definition) is 2. The summed E-state index contributed by atoms with van der Waals surface area (Å²) < 4.78 is 3.03. The smallest absolute Gasteiger partial charge is 0.254 e. The average molecular weight is 341 g/mol. The molecule has 0 atom stereocenters. The Morgan fingerprint density at radius 1 is 1.35 bits per heavy atom. The maximum absolute atomic E-state index is 12.2. The summed E-state index contributed by atoms with van der Waals surface area (Å²) in [5.41, 5.74) is 1.57. The van der Waals surface area contributed by atoms with Crippen molar-refractivity contribution in [2.75, 3.05) is 13.1 Å². The van der Waals surface area contributed by atoms with Crippen LogP contribution >= 0.6 is 22.6 Å². The van der Waals surface area contributed by atoms with Crippen LogP contribution in [0.2, 0.25) is 0 Å². The number of hydrogen-bond donors (Lipinski definition) is 0. The van der Waals surface area contributed by atoms with E-state index >= 15 is 0 Å². The number of pyridine rings is 1. The van der Waals surface area contributed by atoms with Crippen LogP contribution in [0, 0.1) is 3.70 Å². The number of imidazole rings is 1. The van der Waals surface area contributed by atoms with E-state index in [1.165, 1.54) is 0 Å². The predicted octanol–water partition coefficient (Wildman–Crippen LogP) is 2.17. The molecule has 0 aromatic carbocycles. The van der Waals surface area contributed by atoms with Gasteiger partial charge in [-0.1, -0.05) is 0 Å².